The highest BCUT2D eigenvalue weighted by atomic mass is 16.1. The van der Waals surface area contributed by atoms with E-state index in [1.54, 1.807) is 11.2 Å². The molecule has 0 aromatic rings. The number of amides is 1. The Morgan fingerprint density at radius 2 is 1.91 bits per heavy atom. The molecule has 0 aromatic carbocycles. The first-order valence-electron chi connectivity index (χ1n) is 3.52. The van der Waals surface area contributed by atoms with Gasteiger partial charge in [-0.1, -0.05) is 0 Å². The Labute approximate surface area is 67.5 Å². The van der Waals surface area contributed by atoms with Crippen LogP contribution >= 0.6 is 0 Å². The molecule has 0 fully saturated rings. The second kappa shape index (κ2) is 4.71. The van der Waals surface area contributed by atoms with Gasteiger partial charge in [0, 0.05) is 20.1 Å². The quantitative estimate of drug-likeness (QED) is 0.255. The predicted molar refractivity (Wildman–Crippen MR) is 45.2 cm³/mol. The first-order valence-corrected chi connectivity index (χ1v) is 3.52. The third-order valence-electron chi connectivity index (χ3n) is 1.05. The summed E-state index contributed by atoms with van der Waals surface area (Å²) in [6.07, 6.45) is 2.30. The average Bonchev–Trinajstić information content (AvgIpc) is 1.87. The van der Waals surface area contributed by atoms with Crippen molar-refractivity contribution in [2.45, 2.75) is 19.9 Å². The maximum atomic E-state index is 10.4. The number of rotatable bonds is 4. The average molecular weight is 157 g/mol. The molecule has 64 valence electrons. The lowest BCUT2D eigenvalue weighted by atomic mass is 10.4. The molecule has 0 heterocycles. The van der Waals surface area contributed by atoms with Gasteiger partial charge in [-0.15, -0.1) is 0 Å². The fraction of sp³-hybridized carbons (Fsp3) is 0.714. The van der Waals surface area contributed by atoms with Gasteiger partial charge in [-0.3, -0.25) is 4.79 Å². The summed E-state index contributed by atoms with van der Waals surface area (Å²) in [5.41, 5.74) is 0. The number of nitrogens with zero attached hydrogens (tertiary/aromatic N) is 3. The van der Waals surface area contributed by atoms with E-state index >= 15 is 0 Å². The summed E-state index contributed by atoms with van der Waals surface area (Å²) in [5, 5.41) is 5.27. The maximum Gasteiger partial charge on any atom is 0.230 e. The molecule has 0 saturated carbocycles. The lowest BCUT2D eigenvalue weighted by molar-refractivity contribution is -0.119. The predicted octanol–water partition coefficient (Wildman–Crippen LogP) is 0.358. The highest BCUT2D eigenvalue weighted by molar-refractivity contribution is 5.57. The minimum absolute atomic E-state index is 0.115. The van der Waals surface area contributed by atoms with Crippen LogP contribution in [0.4, 0.5) is 0 Å². The second-order valence-corrected chi connectivity index (χ2v) is 2.77. The van der Waals surface area contributed by atoms with Gasteiger partial charge in [0.25, 0.3) is 0 Å². The summed E-state index contributed by atoms with van der Waals surface area (Å²) in [7, 11) is 3.71. The molecular weight excluding hydrogens is 142 g/mol. The molecule has 0 aliphatic rings. The van der Waals surface area contributed by atoms with Crippen LogP contribution in [0.5, 0.6) is 0 Å². The first kappa shape index (κ1) is 9.94. The van der Waals surface area contributed by atoms with Crippen molar-refractivity contribution < 1.29 is 4.79 Å². The van der Waals surface area contributed by atoms with E-state index in [9.17, 15) is 4.79 Å². The molecule has 0 radical (unpaired) electrons. The lowest BCUT2D eigenvalue weighted by Gasteiger charge is -2.15. The second-order valence-electron chi connectivity index (χ2n) is 2.77. The van der Waals surface area contributed by atoms with E-state index in [0.717, 1.165) is 0 Å². The fourth-order valence-electron chi connectivity index (χ4n) is 0.445. The summed E-state index contributed by atoms with van der Waals surface area (Å²) < 4.78 is 0. The highest BCUT2D eigenvalue weighted by Crippen LogP contribution is 1.92. The topological polar surface area (TPSA) is 35.9 Å². The van der Waals surface area contributed by atoms with Crippen LogP contribution in [0.1, 0.15) is 13.8 Å². The van der Waals surface area contributed by atoms with Crippen molar-refractivity contribution in [2.75, 3.05) is 14.1 Å². The van der Waals surface area contributed by atoms with Gasteiger partial charge in [0.05, 0.1) is 0 Å². The molecule has 0 bridgehead atoms. The van der Waals surface area contributed by atoms with Crippen LogP contribution in [0.2, 0.25) is 0 Å². The molecule has 4 heteroatoms. The summed E-state index contributed by atoms with van der Waals surface area (Å²) >= 11 is 0. The zero-order chi connectivity index (χ0) is 8.85. The monoisotopic (exact) mass is 157 g/mol. The molecule has 0 aliphatic carbocycles. The van der Waals surface area contributed by atoms with Crippen molar-refractivity contribution in [3.05, 3.63) is 0 Å². The van der Waals surface area contributed by atoms with Crippen molar-refractivity contribution in [1.82, 2.24) is 9.91 Å². The normalized spacial score (nSPS) is 10.6. The smallest absolute Gasteiger partial charge is 0.230 e. The number of carbonyl (C=O) groups excluding carboxylic acids is 1. The van der Waals surface area contributed by atoms with Crippen molar-refractivity contribution >= 4 is 12.7 Å². The largest absolute Gasteiger partial charge is 0.367 e. The van der Waals surface area contributed by atoms with Crippen molar-refractivity contribution in [3.8, 4) is 0 Å². The number of carbonyl (C=O) groups is 1. The minimum Gasteiger partial charge on any atom is -0.367 e. The molecule has 0 aromatic heterocycles. The number of hydrazone groups is 1. The third kappa shape index (κ3) is 4.36. The van der Waals surface area contributed by atoms with Crippen molar-refractivity contribution in [3.63, 3.8) is 0 Å². The molecular formula is C7H15N3O. The van der Waals surface area contributed by atoms with Gasteiger partial charge in [0.15, 0.2) is 0 Å². The van der Waals surface area contributed by atoms with Gasteiger partial charge in [-0.25, -0.2) is 5.01 Å². The number of hydrogen-bond donors (Lipinski definition) is 0. The summed E-state index contributed by atoms with van der Waals surface area (Å²) in [6.45, 7) is 3.81. The molecule has 0 atom stereocenters. The van der Waals surface area contributed by atoms with Crippen LogP contribution in [0, 0.1) is 0 Å². The van der Waals surface area contributed by atoms with Crippen LogP contribution in [0.15, 0.2) is 5.10 Å². The minimum atomic E-state index is 0.115. The Morgan fingerprint density at radius 3 is 2.18 bits per heavy atom. The van der Waals surface area contributed by atoms with Gasteiger partial charge in [-0.05, 0) is 13.8 Å². The van der Waals surface area contributed by atoms with Crippen molar-refractivity contribution in [2.24, 2.45) is 5.10 Å². The van der Waals surface area contributed by atoms with Crippen LogP contribution in [0.25, 0.3) is 0 Å². The Hall–Kier alpha value is -1.06. The van der Waals surface area contributed by atoms with Gasteiger partial charge < -0.3 is 4.90 Å². The molecule has 0 saturated heterocycles. The SMILES string of the molecule is CC(C)N(C=O)/N=C\N(C)C. The first-order chi connectivity index (χ1) is 5.07. The molecule has 1 amide bonds. The molecule has 0 N–H and O–H groups in total. The highest BCUT2D eigenvalue weighted by Gasteiger charge is 2.01. The Balaban J connectivity index is 3.97. The summed E-state index contributed by atoms with van der Waals surface area (Å²) in [4.78, 5) is 12.1. The lowest BCUT2D eigenvalue weighted by Crippen LogP contribution is -2.25. The van der Waals surface area contributed by atoms with E-state index in [4.69, 9.17) is 0 Å². The van der Waals surface area contributed by atoms with E-state index in [1.807, 2.05) is 27.9 Å². The maximum absolute atomic E-state index is 10.4. The molecule has 11 heavy (non-hydrogen) atoms. The van der Waals surface area contributed by atoms with Crippen LogP contribution in [-0.4, -0.2) is 42.8 Å². The van der Waals surface area contributed by atoms with E-state index in [0.29, 0.717) is 6.41 Å². The van der Waals surface area contributed by atoms with Gasteiger partial charge in [0.1, 0.15) is 6.34 Å². The zero-order valence-corrected chi connectivity index (χ0v) is 7.48. The van der Waals surface area contributed by atoms with Crippen LogP contribution < -0.4 is 0 Å². The van der Waals surface area contributed by atoms with E-state index < -0.39 is 0 Å². The molecule has 0 rings (SSSR count). The molecule has 0 unspecified atom stereocenters. The fourth-order valence-corrected chi connectivity index (χ4v) is 0.445. The van der Waals surface area contributed by atoms with Gasteiger partial charge in [-0.2, -0.15) is 5.10 Å². The zero-order valence-electron chi connectivity index (χ0n) is 7.48. The van der Waals surface area contributed by atoms with E-state index in [2.05, 4.69) is 5.10 Å². The Bertz CT molecular complexity index is 143. The summed E-state index contributed by atoms with van der Waals surface area (Å²) in [5.74, 6) is 0. The summed E-state index contributed by atoms with van der Waals surface area (Å²) in [6, 6.07) is 0.115. The third-order valence-corrected chi connectivity index (χ3v) is 1.05. The number of hydrogen-bond acceptors (Lipinski definition) is 2. The Morgan fingerprint density at radius 1 is 1.36 bits per heavy atom. The van der Waals surface area contributed by atoms with E-state index in [-0.39, 0.29) is 6.04 Å². The van der Waals surface area contributed by atoms with Crippen LogP contribution in [-0.2, 0) is 4.79 Å². The van der Waals surface area contributed by atoms with Crippen LogP contribution in [0.3, 0.4) is 0 Å². The molecule has 4 nitrogen and oxygen atoms in total. The van der Waals surface area contributed by atoms with Gasteiger partial charge in [0.2, 0.25) is 6.41 Å². The molecule has 0 spiro atoms. The van der Waals surface area contributed by atoms with Gasteiger partial charge >= 0.3 is 0 Å². The standard InChI is InChI=1S/C7H15N3O/c1-7(2)10(6-11)8-5-9(3)4/h5-7H,1-4H3/b8-5-. The van der Waals surface area contributed by atoms with E-state index in [1.165, 1.54) is 5.01 Å². The van der Waals surface area contributed by atoms with Crippen molar-refractivity contribution in [1.29, 1.82) is 0 Å². The molecule has 0 aliphatic heterocycles. The Kier molecular flexibility index (Phi) is 4.26.